The Morgan fingerprint density at radius 1 is 0.969 bits per heavy atom. The summed E-state index contributed by atoms with van der Waals surface area (Å²) in [5.41, 5.74) is 1.89. The minimum absolute atomic E-state index is 0.0736. The van der Waals surface area contributed by atoms with Gasteiger partial charge in [0.25, 0.3) is 0 Å². The lowest BCUT2D eigenvalue weighted by molar-refractivity contribution is 0.151. The molecule has 2 aliphatic heterocycles. The summed E-state index contributed by atoms with van der Waals surface area (Å²) >= 11 is 5.52. The van der Waals surface area contributed by atoms with Crippen molar-refractivity contribution in [1.82, 2.24) is 15.1 Å². The van der Waals surface area contributed by atoms with E-state index in [0.29, 0.717) is 16.7 Å². The van der Waals surface area contributed by atoms with Crippen LogP contribution < -0.4 is 10.6 Å². The number of hydrogen-bond donors (Lipinski definition) is 2. The molecule has 32 heavy (non-hydrogen) atoms. The lowest BCUT2D eigenvalue weighted by atomic mass is 9.78. The second kappa shape index (κ2) is 8.70. The SMILES string of the molecule is O=C(N[C@@H]1C[C@H]1c1ccccc1)N1CCC2(CCN(C(=S)Nc3ccccc3F)CC2)C1. The monoisotopic (exact) mass is 452 g/mol. The minimum Gasteiger partial charge on any atom is -0.349 e. The average Bonchev–Trinajstić information content (AvgIpc) is 3.46. The van der Waals surface area contributed by atoms with E-state index in [4.69, 9.17) is 12.2 Å². The van der Waals surface area contributed by atoms with Gasteiger partial charge < -0.3 is 20.4 Å². The maximum Gasteiger partial charge on any atom is 0.317 e. The Bertz CT molecular complexity index is 992. The number of urea groups is 1. The molecule has 1 saturated carbocycles. The lowest BCUT2D eigenvalue weighted by Crippen LogP contribution is -2.47. The summed E-state index contributed by atoms with van der Waals surface area (Å²) in [6, 6.07) is 17.3. The van der Waals surface area contributed by atoms with Crippen LogP contribution in [-0.2, 0) is 0 Å². The van der Waals surface area contributed by atoms with Crippen molar-refractivity contribution in [3.63, 3.8) is 0 Å². The first kappa shape index (κ1) is 21.2. The maximum absolute atomic E-state index is 13.9. The number of amides is 2. The molecule has 3 fully saturated rings. The van der Waals surface area contributed by atoms with Crippen molar-refractivity contribution in [2.24, 2.45) is 5.41 Å². The van der Waals surface area contributed by atoms with Crippen molar-refractivity contribution in [3.8, 4) is 0 Å². The van der Waals surface area contributed by atoms with E-state index in [0.717, 1.165) is 51.9 Å². The quantitative estimate of drug-likeness (QED) is 0.670. The van der Waals surface area contributed by atoms with Gasteiger partial charge in [-0.2, -0.15) is 0 Å². The molecular weight excluding hydrogens is 423 g/mol. The fourth-order valence-electron chi connectivity index (χ4n) is 5.13. The normalized spacial score (nSPS) is 23.8. The molecule has 3 aliphatic rings. The van der Waals surface area contributed by atoms with E-state index in [1.54, 1.807) is 18.2 Å². The number of benzene rings is 2. The number of anilines is 1. The van der Waals surface area contributed by atoms with Crippen LogP contribution in [-0.4, -0.2) is 53.2 Å². The molecular formula is C25H29FN4OS. The number of nitrogens with zero attached hydrogens (tertiary/aromatic N) is 2. The Labute approximate surface area is 194 Å². The summed E-state index contributed by atoms with van der Waals surface area (Å²) in [7, 11) is 0. The van der Waals surface area contributed by atoms with Crippen LogP contribution in [0, 0.1) is 11.2 Å². The zero-order valence-corrected chi connectivity index (χ0v) is 18.9. The van der Waals surface area contributed by atoms with Crippen LogP contribution >= 0.6 is 12.2 Å². The molecule has 1 spiro atoms. The molecule has 2 atom stereocenters. The molecule has 2 N–H and O–H groups in total. The topological polar surface area (TPSA) is 47.6 Å². The molecule has 2 heterocycles. The number of nitrogens with one attached hydrogen (secondary N) is 2. The largest absolute Gasteiger partial charge is 0.349 e. The number of halogens is 1. The van der Waals surface area contributed by atoms with Gasteiger partial charge in [0.05, 0.1) is 5.69 Å². The Morgan fingerprint density at radius 3 is 2.34 bits per heavy atom. The van der Waals surface area contributed by atoms with E-state index in [9.17, 15) is 9.18 Å². The first-order valence-electron chi connectivity index (χ1n) is 11.4. The van der Waals surface area contributed by atoms with Crippen molar-refractivity contribution < 1.29 is 9.18 Å². The van der Waals surface area contributed by atoms with E-state index in [1.165, 1.54) is 11.6 Å². The Morgan fingerprint density at radius 2 is 1.62 bits per heavy atom. The minimum atomic E-state index is -0.300. The van der Waals surface area contributed by atoms with Crippen LogP contribution in [0.1, 0.15) is 37.2 Å². The van der Waals surface area contributed by atoms with Crippen molar-refractivity contribution in [2.75, 3.05) is 31.5 Å². The molecule has 7 heteroatoms. The molecule has 5 rings (SSSR count). The number of carbonyl (C=O) groups is 1. The van der Waals surface area contributed by atoms with Crippen molar-refractivity contribution in [2.45, 2.75) is 37.6 Å². The second-order valence-electron chi connectivity index (χ2n) is 9.38. The van der Waals surface area contributed by atoms with Gasteiger partial charge >= 0.3 is 6.03 Å². The number of rotatable bonds is 3. The van der Waals surface area contributed by atoms with Crippen LogP contribution in [0.2, 0.25) is 0 Å². The van der Waals surface area contributed by atoms with Gasteiger partial charge in [-0.05, 0) is 61.0 Å². The summed E-state index contributed by atoms with van der Waals surface area (Å²) in [5, 5.41) is 6.84. The molecule has 0 aromatic heterocycles. The highest BCUT2D eigenvalue weighted by atomic mass is 32.1. The van der Waals surface area contributed by atoms with E-state index >= 15 is 0 Å². The van der Waals surface area contributed by atoms with Crippen molar-refractivity contribution >= 4 is 29.0 Å². The highest BCUT2D eigenvalue weighted by Gasteiger charge is 2.45. The number of thiocarbonyl (C=S) groups is 1. The van der Waals surface area contributed by atoms with Gasteiger partial charge in [-0.3, -0.25) is 0 Å². The summed E-state index contributed by atoms with van der Waals surface area (Å²) in [6.45, 7) is 3.28. The zero-order valence-electron chi connectivity index (χ0n) is 18.1. The second-order valence-corrected chi connectivity index (χ2v) is 9.76. The summed E-state index contributed by atoms with van der Waals surface area (Å²) in [6.07, 6.45) is 4.04. The lowest BCUT2D eigenvalue weighted by Gasteiger charge is -2.40. The molecule has 0 radical (unpaired) electrons. The van der Waals surface area contributed by atoms with Crippen LogP contribution in [0.15, 0.2) is 54.6 Å². The third-order valence-corrected chi connectivity index (χ3v) is 7.64. The Kier molecular flexibility index (Phi) is 5.76. The molecule has 2 saturated heterocycles. The van der Waals surface area contributed by atoms with Crippen LogP contribution in [0.3, 0.4) is 0 Å². The number of likely N-dealkylation sites (tertiary alicyclic amines) is 2. The van der Waals surface area contributed by atoms with Gasteiger partial charge in [0, 0.05) is 38.1 Å². The first-order valence-corrected chi connectivity index (χ1v) is 11.8. The molecule has 5 nitrogen and oxygen atoms in total. The van der Waals surface area contributed by atoms with Crippen molar-refractivity contribution in [1.29, 1.82) is 0 Å². The molecule has 1 aliphatic carbocycles. The van der Waals surface area contributed by atoms with E-state index in [-0.39, 0.29) is 23.3 Å². The number of para-hydroxylation sites is 1. The fourth-order valence-corrected chi connectivity index (χ4v) is 5.42. The standard InChI is InChI=1S/C25H29FN4OS/c26-20-8-4-5-9-21(20)28-24(32)29-13-10-25(11-14-29)12-15-30(17-25)23(31)27-22-16-19(22)18-6-2-1-3-7-18/h1-9,19,22H,10-17H2,(H,27,31)(H,28,32)/t19-,22+/m0/s1. The zero-order chi connectivity index (χ0) is 22.1. The summed E-state index contributed by atoms with van der Waals surface area (Å²) in [4.78, 5) is 17.0. The Hall–Kier alpha value is -2.67. The third-order valence-electron chi connectivity index (χ3n) is 7.28. The highest BCUT2D eigenvalue weighted by molar-refractivity contribution is 7.80. The van der Waals surface area contributed by atoms with E-state index in [2.05, 4.69) is 39.8 Å². The summed E-state index contributed by atoms with van der Waals surface area (Å²) < 4.78 is 13.9. The molecule has 0 unspecified atom stereocenters. The number of piperidine rings is 1. The number of hydrogen-bond acceptors (Lipinski definition) is 2. The maximum atomic E-state index is 13.9. The van der Waals surface area contributed by atoms with Gasteiger partial charge in [0.1, 0.15) is 5.82 Å². The first-order chi connectivity index (χ1) is 15.5. The molecule has 0 bridgehead atoms. The van der Waals surface area contributed by atoms with Crippen LogP contribution in [0.25, 0.3) is 0 Å². The average molecular weight is 453 g/mol. The third kappa shape index (κ3) is 4.44. The van der Waals surface area contributed by atoms with E-state index in [1.807, 2.05) is 11.0 Å². The molecule has 2 amide bonds. The highest BCUT2D eigenvalue weighted by Crippen LogP contribution is 2.43. The van der Waals surface area contributed by atoms with Gasteiger partial charge in [0.2, 0.25) is 0 Å². The van der Waals surface area contributed by atoms with Gasteiger partial charge in [0.15, 0.2) is 5.11 Å². The van der Waals surface area contributed by atoms with Crippen molar-refractivity contribution in [3.05, 3.63) is 66.0 Å². The van der Waals surface area contributed by atoms with Gasteiger partial charge in [-0.25, -0.2) is 9.18 Å². The fraction of sp³-hybridized carbons (Fsp3) is 0.440. The Balaban J connectivity index is 1.10. The van der Waals surface area contributed by atoms with E-state index < -0.39 is 0 Å². The molecule has 168 valence electrons. The predicted molar refractivity (Wildman–Crippen MR) is 128 cm³/mol. The van der Waals surface area contributed by atoms with Crippen LogP contribution in [0.5, 0.6) is 0 Å². The van der Waals surface area contributed by atoms with Gasteiger partial charge in [-0.1, -0.05) is 42.5 Å². The molecule has 2 aromatic carbocycles. The van der Waals surface area contributed by atoms with Gasteiger partial charge in [-0.15, -0.1) is 0 Å². The number of carbonyl (C=O) groups excluding carboxylic acids is 1. The smallest absolute Gasteiger partial charge is 0.317 e. The summed E-state index contributed by atoms with van der Waals surface area (Å²) in [5.74, 6) is 0.147. The predicted octanol–water partition coefficient (Wildman–Crippen LogP) is 4.58. The van der Waals surface area contributed by atoms with Crippen LogP contribution in [0.4, 0.5) is 14.9 Å². The molecule has 2 aromatic rings.